The van der Waals surface area contributed by atoms with Gasteiger partial charge in [-0.05, 0) is 77.6 Å². The van der Waals surface area contributed by atoms with Gasteiger partial charge in [0.2, 0.25) is 0 Å². The summed E-state index contributed by atoms with van der Waals surface area (Å²) in [6.45, 7) is 8.91. The number of nitrogens with zero attached hydrogens (tertiary/aromatic N) is 2. The van der Waals surface area contributed by atoms with Gasteiger partial charge in [-0.1, -0.05) is 18.2 Å². The minimum absolute atomic E-state index is 0.00157. The van der Waals surface area contributed by atoms with E-state index in [0.29, 0.717) is 13.1 Å². The third-order valence-electron chi connectivity index (χ3n) is 6.92. The van der Waals surface area contributed by atoms with E-state index >= 15 is 0 Å². The fourth-order valence-electron chi connectivity index (χ4n) is 5.43. The van der Waals surface area contributed by atoms with Crippen molar-refractivity contribution in [2.75, 3.05) is 13.1 Å². The summed E-state index contributed by atoms with van der Waals surface area (Å²) < 4.78 is 4.97. The van der Waals surface area contributed by atoms with Gasteiger partial charge in [-0.3, -0.25) is 4.79 Å². The number of fused-ring (bicyclic) bond motifs is 2. The van der Waals surface area contributed by atoms with Crippen molar-refractivity contribution in [2.45, 2.75) is 76.6 Å². The Bertz CT molecular complexity index is 671. The summed E-state index contributed by atoms with van der Waals surface area (Å²) in [6.07, 6.45) is 7.03. The number of aliphatic imine (C=N–C) groups is 1. The summed E-state index contributed by atoms with van der Waals surface area (Å²) in [7, 11) is 0. The fourth-order valence-corrected chi connectivity index (χ4v) is 6.84. The standard InChI is InChI=1S/C21H32N2O3S/c1-20(2,3)26-19(25)23-8-7-16(12-23)21(4)18(24)22-17(27-21)11-15-10-13-5-6-14(15)9-13/h13-16H,5-12H2,1-4H3/t13-,14+,15-,16?,21?/m1/s1. The second-order valence-corrected chi connectivity index (χ2v) is 11.6. The van der Waals surface area contributed by atoms with Crippen LogP contribution in [0.2, 0.25) is 0 Å². The summed E-state index contributed by atoms with van der Waals surface area (Å²) in [6, 6.07) is 0. The predicted octanol–water partition coefficient (Wildman–Crippen LogP) is 4.50. The first-order valence-corrected chi connectivity index (χ1v) is 11.2. The largest absolute Gasteiger partial charge is 0.444 e. The molecule has 0 N–H and O–H groups in total. The predicted molar refractivity (Wildman–Crippen MR) is 108 cm³/mol. The molecule has 2 aliphatic heterocycles. The molecular weight excluding hydrogens is 360 g/mol. The van der Waals surface area contributed by atoms with Crippen LogP contribution in [0.15, 0.2) is 4.99 Å². The van der Waals surface area contributed by atoms with E-state index in [-0.39, 0.29) is 17.9 Å². The number of rotatable bonds is 3. The van der Waals surface area contributed by atoms with Crippen molar-refractivity contribution < 1.29 is 14.3 Å². The van der Waals surface area contributed by atoms with Crippen molar-refractivity contribution in [3.8, 4) is 0 Å². The zero-order valence-electron chi connectivity index (χ0n) is 17.0. The molecule has 2 bridgehead atoms. The minimum atomic E-state index is -0.524. The quantitative estimate of drug-likeness (QED) is 0.709. The van der Waals surface area contributed by atoms with Crippen molar-refractivity contribution in [3.05, 3.63) is 0 Å². The van der Waals surface area contributed by atoms with E-state index in [2.05, 4.69) is 4.99 Å². The highest BCUT2D eigenvalue weighted by molar-refractivity contribution is 8.16. The first kappa shape index (κ1) is 19.3. The van der Waals surface area contributed by atoms with Crippen LogP contribution in [0, 0.1) is 23.7 Å². The van der Waals surface area contributed by atoms with Crippen molar-refractivity contribution >= 4 is 28.8 Å². The second kappa shape index (κ2) is 6.78. The molecule has 4 aliphatic rings. The summed E-state index contributed by atoms with van der Waals surface area (Å²) in [4.78, 5) is 31.4. The molecule has 150 valence electrons. The number of hydrogen-bond acceptors (Lipinski definition) is 4. The van der Waals surface area contributed by atoms with Crippen molar-refractivity contribution in [1.82, 2.24) is 4.90 Å². The van der Waals surface area contributed by atoms with Crippen LogP contribution >= 0.6 is 11.8 Å². The maximum Gasteiger partial charge on any atom is 0.410 e. The Morgan fingerprint density at radius 1 is 1.30 bits per heavy atom. The first-order chi connectivity index (χ1) is 12.6. The van der Waals surface area contributed by atoms with Crippen LogP contribution in [0.4, 0.5) is 4.79 Å². The number of amides is 2. The van der Waals surface area contributed by atoms with Crippen LogP contribution in [0.5, 0.6) is 0 Å². The second-order valence-electron chi connectivity index (χ2n) is 10.1. The number of carbonyl (C=O) groups is 2. The van der Waals surface area contributed by atoms with E-state index < -0.39 is 10.3 Å². The van der Waals surface area contributed by atoms with E-state index in [1.165, 1.54) is 25.7 Å². The van der Waals surface area contributed by atoms with Crippen molar-refractivity contribution in [2.24, 2.45) is 28.7 Å². The number of ether oxygens (including phenoxy) is 1. The molecule has 0 radical (unpaired) electrons. The molecule has 27 heavy (non-hydrogen) atoms. The van der Waals surface area contributed by atoms with Crippen LogP contribution in [0.3, 0.4) is 0 Å². The van der Waals surface area contributed by atoms with Crippen LogP contribution in [0.25, 0.3) is 0 Å². The number of thioether (sulfide) groups is 1. The average molecular weight is 393 g/mol. The fraction of sp³-hybridized carbons (Fsp3) is 0.857. The van der Waals surface area contributed by atoms with Crippen molar-refractivity contribution in [3.63, 3.8) is 0 Å². The molecule has 2 saturated carbocycles. The number of likely N-dealkylation sites (tertiary alicyclic amines) is 1. The molecule has 6 heteroatoms. The lowest BCUT2D eigenvalue weighted by Gasteiger charge is -2.29. The Labute approximate surface area is 166 Å². The molecule has 0 aromatic rings. The van der Waals surface area contributed by atoms with E-state index in [4.69, 9.17) is 4.74 Å². The van der Waals surface area contributed by atoms with E-state index in [1.807, 2.05) is 27.7 Å². The van der Waals surface area contributed by atoms with Crippen LogP contribution in [0.1, 0.15) is 66.2 Å². The SMILES string of the molecule is CC(C)(C)OC(=O)N1CCC(C2(C)SC(C[C@H]3C[C@@H]4CC[C@H]3C4)=NC2=O)C1. The summed E-state index contributed by atoms with van der Waals surface area (Å²) in [5, 5.41) is 1.04. The van der Waals surface area contributed by atoms with Crippen LogP contribution in [-0.4, -0.2) is 45.4 Å². The Morgan fingerprint density at radius 2 is 2.07 bits per heavy atom. The Kier molecular flexibility index (Phi) is 4.84. The van der Waals surface area contributed by atoms with E-state index in [0.717, 1.165) is 35.6 Å². The number of carbonyl (C=O) groups excluding carboxylic acids is 2. The molecule has 5 atom stereocenters. The smallest absolute Gasteiger partial charge is 0.410 e. The molecule has 0 aromatic carbocycles. The van der Waals surface area contributed by atoms with Gasteiger partial charge in [0.25, 0.3) is 5.91 Å². The number of hydrogen-bond donors (Lipinski definition) is 0. The highest BCUT2D eigenvalue weighted by atomic mass is 32.2. The van der Waals surface area contributed by atoms with E-state index in [1.54, 1.807) is 16.7 Å². The molecule has 3 fully saturated rings. The first-order valence-electron chi connectivity index (χ1n) is 10.4. The average Bonchev–Trinajstić information content (AvgIpc) is 3.31. The highest BCUT2D eigenvalue weighted by Crippen LogP contribution is 2.52. The summed E-state index contributed by atoms with van der Waals surface area (Å²) in [5.74, 6) is 2.65. The van der Waals surface area contributed by atoms with Gasteiger partial charge < -0.3 is 9.64 Å². The van der Waals surface area contributed by atoms with Crippen LogP contribution in [-0.2, 0) is 9.53 Å². The highest BCUT2D eigenvalue weighted by Gasteiger charge is 2.51. The van der Waals surface area contributed by atoms with Gasteiger partial charge in [0.15, 0.2) is 0 Å². The molecule has 2 aliphatic carbocycles. The van der Waals surface area contributed by atoms with Gasteiger partial charge in [-0.25, -0.2) is 9.79 Å². The molecular formula is C21H32N2O3S. The third kappa shape index (κ3) is 3.79. The molecule has 2 amide bonds. The van der Waals surface area contributed by atoms with Crippen LogP contribution < -0.4 is 0 Å². The maximum absolute atomic E-state index is 12.8. The van der Waals surface area contributed by atoms with Gasteiger partial charge in [0.05, 0.1) is 5.04 Å². The molecule has 2 heterocycles. The Morgan fingerprint density at radius 3 is 2.70 bits per heavy atom. The third-order valence-corrected chi connectivity index (χ3v) is 8.35. The lowest BCUT2D eigenvalue weighted by Crippen LogP contribution is -2.40. The molecule has 0 aromatic heterocycles. The molecule has 0 spiro atoms. The van der Waals surface area contributed by atoms with Crippen molar-refractivity contribution in [1.29, 1.82) is 0 Å². The normalized spacial score (nSPS) is 38.6. The van der Waals surface area contributed by atoms with Gasteiger partial charge in [-0.2, -0.15) is 0 Å². The minimum Gasteiger partial charge on any atom is -0.444 e. The summed E-state index contributed by atoms with van der Waals surface area (Å²) in [5.41, 5.74) is -0.492. The van der Waals surface area contributed by atoms with Gasteiger partial charge in [0.1, 0.15) is 10.3 Å². The lowest BCUT2D eigenvalue weighted by atomic mass is 9.87. The Balaban J connectivity index is 1.35. The zero-order chi connectivity index (χ0) is 19.4. The van der Waals surface area contributed by atoms with Gasteiger partial charge in [-0.15, -0.1) is 0 Å². The monoisotopic (exact) mass is 392 g/mol. The van der Waals surface area contributed by atoms with E-state index in [9.17, 15) is 9.59 Å². The summed E-state index contributed by atoms with van der Waals surface area (Å²) >= 11 is 1.68. The van der Waals surface area contributed by atoms with Gasteiger partial charge in [0, 0.05) is 19.0 Å². The maximum atomic E-state index is 12.8. The van der Waals surface area contributed by atoms with Gasteiger partial charge >= 0.3 is 6.09 Å². The topological polar surface area (TPSA) is 59.0 Å². The molecule has 1 saturated heterocycles. The lowest BCUT2D eigenvalue weighted by molar-refractivity contribution is -0.120. The molecule has 2 unspecified atom stereocenters. The Hall–Kier alpha value is -1.04. The molecule has 4 rings (SSSR count). The zero-order valence-corrected chi connectivity index (χ0v) is 17.8. The molecule has 5 nitrogen and oxygen atoms in total.